The van der Waals surface area contributed by atoms with E-state index in [-0.39, 0.29) is 0 Å². The molecule has 0 heterocycles. The lowest BCUT2D eigenvalue weighted by atomic mass is 10.1. The second-order valence-corrected chi connectivity index (χ2v) is 4.31. The molecule has 0 aromatic heterocycles. The standard InChI is InChI=1S/C17H13NO3/c18-11-14-6-7-15(8-9-17(19)20)16(10-14)21-12-13-4-2-1-3-5-13/h1-10H,12H2,(H,19,20)/b9-8+. The smallest absolute Gasteiger partial charge is 0.328 e. The van der Waals surface area contributed by atoms with Crippen molar-refractivity contribution in [3.05, 3.63) is 71.3 Å². The van der Waals surface area contributed by atoms with Crippen LogP contribution in [-0.2, 0) is 11.4 Å². The number of hydrogen-bond acceptors (Lipinski definition) is 3. The van der Waals surface area contributed by atoms with E-state index in [4.69, 9.17) is 15.1 Å². The molecule has 2 aromatic carbocycles. The minimum Gasteiger partial charge on any atom is -0.488 e. The molecule has 21 heavy (non-hydrogen) atoms. The number of rotatable bonds is 5. The van der Waals surface area contributed by atoms with Gasteiger partial charge in [-0.1, -0.05) is 30.3 Å². The molecule has 0 bridgehead atoms. The van der Waals surface area contributed by atoms with E-state index in [0.717, 1.165) is 11.6 Å². The van der Waals surface area contributed by atoms with Crippen molar-refractivity contribution in [2.24, 2.45) is 0 Å². The van der Waals surface area contributed by atoms with Crippen LogP contribution in [-0.4, -0.2) is 11.1 Å². The number of benzene rings is 2. The van der Waals surface area contributed by atoms with E-state index in [0.29, 0.717) is 23.5 Å². The summed E-state index contributed by atoms with van der Waals surface area (Å²) in [4.78, 5) is 10.6. The summed E-state index contributed by atoms with van der Waals surface area (Å²) in [6, 6.07) is 16.5. The first kappa shape index (κ1) is 14.4. The molecule has 0 aliphatic heterocycles. The zero-order chi connectivity index (χ0) is 15.1. The van der Waals surface area contributed by atoms with Gasteiger partial charge in [0, 0.05) is 11.6 Å². The maximum absolute atomic E-state index is 10.6. The van der Waals surface area contributed by atoms with Gasteiger partial charge in [0.25, 0.3) is 0 Å². The van der Waals surface area contributed by atoms with Crippen LogP contribution < -0.4 is 4.74 Å². The van der Waals surface area contributed by atoms with Crippen molar-refractivity contribution in [1.29, 1.82) is 5.26 Å². The number of ether oxygens (including phenoxy) is 1. The van der Waals surface area contributed by atoms with Gasteiger partial charge in [-0.25, -0.2) is 4.79 Å². The van der Waals surface area contributed by atoms with Crippen molar-refractivity contribution in [3.8, 4) is 11.8 Å². The Bertz CT molecular complexity index is 700. The highest BCUT2D eigenvalue weighted by Gasteiger charge is 2.04. The largest absolute Gasteiger partial charge is 0.488 e. The summed E-state index contributed by atoms with van der Waals surface area (Å²) in [7, 11) is 0. The van der Waals surface area contributed by atoms with Crippen molar-refractivity contribution in [1.82, 2.24) is 0 Å². The summed E-state index contributed by atoms with van der Waals surface area (Å²) < 4.78 is 5.70. The van der Waals surface area contributed by atoms with Crippen molar-refractivity contribution >= 4 is 12.0 Å². The van der Waals surface area contributed by atoms with Gasteiger partial charge >= 0.3 is 5.97 Å². The Morgan fingerprint density at radius 3 is 2.67 bits per heavy atom. The summed E-state index contributed by atoms with van der Waals surface area (Å²) in [6.45, 7) is 0.351. The van der Waals surface area contributed by atoms with E-state index in [1.54, 1.807) is 18.2 Å². The Labute approximate surface area is 122 Å². The molecule has 0 radical (unpaired) electrons. The average Bonchev–Trinajstić information content (AvgIpc) is 2.52. The molecule has 0 spiro atoms. The normalized spacial score (nSPS) is 10.2. The molecule has 0 aliphatic carbocycles. The van der Waals surface area contributed by atoms with Crippen molar-refractivity contribution < 1.29 is 14.6 Å². The highest BCUT2D eigenvalue weighted by Crippen LogP contribution is 2.23. The van der Waals surface area contributed by atoms with Gasteiger partial charge in [-0.05, 0) is 29.8 Å². The fourth-order valence-electron chi connectivity index (χ4n) is 1.76. The Kier molecular flexibility index (Phi) is 4.73. The minimum atomic E-state index is -1.03. The van der Waals surface area contributed by atoms with E-state index in [9.17, 15) is 4.79 Å². The lowest BCUT2D eigenvalue weighted by Gasteiger charge is -2.09. The Morgan fingerprint density at radius 2 is 2.00 bits per heavy atom. The van der Waals surface area contributed by atoms with Crippen LogP contribution in [0.5, 0.6) is 5.75 Å². The Hall–Kier alpha value is -3.06. The third-order valence-corrected chi connectivity index (χ3v) is 2.79. The molecule has 0 unspecified atom stereocenters. The van der Waals surface area contributed by atoms with Gasteiger partial charge < -0.3 is 9.84 Å². The van der Waals surface area contributed by atoms with Gasteiger partial charge in [0.1, 0.15) is 12.4 Å². The highest BCUT2D eigenvalue weighted by molar-refractivity contribution is 5.86. The SMILES string of the molecule is N#Cc1ccc(/C=C/C(=O)O)c(OCc2ccccc2)c1. The Morgan fingerprint density at radius 1 is 1.24 bits per heavy atom. The first-order valence-electron chi connectivity index (χ1n) is 6.31. The van der Waals surface area contributed by atoms with Crippen molar-refractivity contribution in [2.75, 3.05) is 0 Å². The van der Waals surface area contributed by atoms with Gasteiger partial charge in [0.15, 0.2) is 0 Å². The fraction of sp³-hybridized carbons (Fsp3) is 0.0588. The van der Waals surface area contributed by atoms with E-state index in [1.165, 1.54) is 6.08 Å². The maximum Gasteiger partial charge on any atom is 0.328 e. The summed E-state index contributed by atoms with van der Waals surface area (Å²) in [6.07, 6.45) is 2.49. The number of nitriles is 1. The Balaban J connectivity index is 2.23. The van der Waals surface area contributed by atoms with Crippen LogP contribution in [0.25, 0.3) is 6.08 Å². The van der Waals surface area contributed by atoms with Crippen LogP contribution in [0.2, 0.25) is 0 Å². The first-order chi connectivity index (χ1) is 10.2. The molecule has 0 fully saturated rings. The van der Waals surface area contributed by atoms with E-state index in [2.05, 4.69) is 0 Å². The molecule has 0 saturated heterocycles. The minimum absolute atomic E-state index is 0.351. The molecule has 104 valence electrons. The second-order valence-electron chi connectivity index (χ2n) is 4.31. The number of carbonyl (C=O) groups is 1. The number of aliphatic carboxylic acids is 1. The lowest BCUT2D eigenvalue weighted by Crippen LogP contribution is -1.97. The van der Waals surface area contributed by atoms with E-state index in [1.807, 2.05) is 36.4 Å². The zero-order valence-electron chi connectivity index (χ0n) is 11.2. The molecule has 0 aliphatic rings. The summed E-state index contributed by atoms with van der Waals surface area (Å²) in [5.74, 6) is -0.552. The number of nitrogens with zero attached hydrogens (tertiary/aromatic N) is 1. The van der Waals surface area contributed by atoms with Gasteiger partial charge in [-0.2, -0.15) is 5.26 Å². The van der Waals surface area contributed by atoms with E-state index >= 15 is 0 Å². The molecule has 0 saturated carbocycles. The number of hydrogen-bond donors (Lipinski definition) is 1. The molecule has 1 N–H and O–H groups in total. The van der Waals surface area contributed by atoms with Crippen LogP contribution >= 0.6 is 0 Å². The molecule has 4 heteroatoms. The quantitative estimate of drug-likeness (QED) is 0.853. The first-order valence-corrected chi connectivity index (χ1v) is 6.31. The molecular formula is C17H13NO3. The molecule has 2 aromatic rings. The van der Waals surface area contributed by atoms with Crippen LogP contribution in [0, 0.1) is 11.3 Å². The molecule has 0 atom stereocenters. The van der Waals surface area contributed by atoms with Gasteiger partial charge in [-0.15, -0.1) is 0 Å². The van der Waals surface area contributed by atoms with E-state index < -0.39 is 5.97 Å². The summed E-state index contributed by atoms with van der Waals surface area (Å²) >= 11 is 0. The van der Waals surface area contributed by atoms with Crippen LogP contribution in [0.4, 0.5) is 0 Å². The third-order valence-electron chi connectivity index (χ3n) is 2.79. The van der Waals surface area contributed by atoms with Crippen LogP contribution in [0.15, 0.2) is 54.6 Å². The van der Waals surface area contributed by atoms with Crippen molar-refractivity contribution in [2.45, 2.75) is 6.61 Å². The maximum atomic E-state index is 10.6. The predicted octanol–water partition coefficient (Wildman–Crippen LogP) is 3.24. The molecule has 0 amide bonds. The van der Waals surface area contributed by atoms with Crippen LogP contribution in [0.1, 0.15) is 16.7 Å². The monoisotopic (exact) mass is 279 g/mol. The predicted molar refractivity (Wildman–Crippen MR) is 78.6 cm³/mol. The zero-order valence-corrected chi connectivity index (χ0v) is 11.2. The van der Waals surface area contributed by atoms with Gasteiger partial charge in [0.2, 0.25) is 0 Å². The topological polar surface area (TPSA) is 70.3 Å². The number of carboxylic acid groups (broad SMARTS) is 1. The molecule has 2 rings (SSSR count). The molecule has 4 nitrogen and oxygen atoms in total. The summed E-state index contributed by atoms with van der Waals surface area (Å²) in [5, 5.41) is 17.6. The lowest BCUT2D eigenvalue weighted by molar-refractivity contribution is -0.131. The van der Waals surface area contributed by atoms with Crippen LogP contribution in [0.3, 0.4) is 0 Å². The number of carboxylic acids is 1. The van der Waals surface area contributed by atoms with Gasteiger partial charge in [0.05, 0.1) is 11.6 Å². The average molecular weight is 279 g/mol. The van der Waals surface area contributed by atoms with Crippen molar-refractivity contribution in [3.63, 3.8) is 0 Å². The summed E-state index contributed by atoms with van der Waals surface area (Å²) in [5.41, 5.74) is 2.07. The molecular weight excluding hydrogens is 266 g/mol. The fourth-order valence-corrected chi connectivity index (χ4v) is 1.76. The van der Waals surface area contributed by atoms with Gasteiger partial charge in [-0.3, -0.25) is 0 Å². The third kappa shape index (κ3) is 4.22. The highest BCUT2D eigenvalue weighted by atomic mass is 16.5. The second kappa shape index (κ2) is 6.92.